The number of pyridine rings is 1. The molecular formula is C28H27N5. The first-order valence-corrected chi connectivity index (χ1v) is 12.2. The molecule has 0 aliphatic heterocycles. The molecule has 33 heavy (non-hydrogen) atoms. The molecule has 3 aliphatic carbocycles. The van der Waals surface area contributed by atoms with Crippen LogP contribution in [-0.4, -0.2) is 25.6 Å². The molecule has 3 aliphatic rings. The Morgan fingerprint density at radius 1 is 1.00 bits per heavy atom. The number of allylic oxidation sites excluding steroid dienone is 1. The van der Waals surface area contributed by atoms with Crippen molar-refractivity contribution in [1.29, 1.82) is 0 Å². The zero-order valence-electron chi connectivity index (χ0n) is 18.7. The molecule has 0 saturated carbocycles. The van der Waals surface area contributed by atoms with E-state index in [0.717, 1.165) is 54.8 Å². The Hall–Kier alpha value is -3.47. The van der Waals surface area contributed by atoms with Crippen LogP contribution in [0, 0.1) is 0 Å². The molecule has 0 bridgehead atoms. The summed E-state index contributed by atoms with van der Waals surface area (Å²) in [5.74, 6) is 1.05. The van der Waals surface area contributed by atoms with Gasteiger partial charge in [0, 0.05) is 35.6 Å². The van der Waals surface area contributed by atoms with Crippen LogP contribution in [0.5, 0.6) is 0 Å². The number of rotatable bonds is 3. The highest BCUT2D eigenvalue weighted by Gasteiger charge is 2.29. The Balaban J connectivity index is 1.28. The molecular weight excluding hydrogens is 406 g/mol. The maximum atomic E-state index is 5.07. The van der Waals surface area contributed by atoms with E-state index in [0.29, 0.717) is 6.04 Å². The summed E-state index contributed by atoms with van der Waals surface area (Å²) in [7, 11) is 0. The van der Waals surface area contributed by atoms with Crippen LogP contribution in [0.25, 0.3) is 22.5 Å². The standard InChI is InChI=1S/C28H27N5/c1-2-8-22-18(6-1)14-19-11-12-21(15-24(19)22)30-27-16-26(20-7-5-13-29-17-20)31-28-23-9-3-4-10-25(23)32-33(27)28/h1-2,5-8,13,16-17,21,30H,3-4,9-12,14-15H2. The van der Waals surface area contributed by atoms with E-state index in [9.17, 15) is 0 Å². The lowest BCUT2D eigenvalue weighted by atomic mass is 9.88. The predicted octanol–water partition coefficient (Wildman–Crippen LogP) is 5.64. The maximum Gasteiger partial charge on any atom is 0.161 e. The van der Waals surface area contributed by atoms with Crippen molar-refractivity contribution in [2.24, 2.45) is 0 Å². The molecule has 7 rings (SSSR count). The van der Waals surface area contributed by atoms with Crippen LogP contribution in [-0.2, 0) is 19.3 Å². The fraction of sp³-hybridized carbons (Fsp3) is 0.321. The minimum atomic E-state index is 0.392. The molecule has 5 nitrogen and oxygen atoms in total. The van der Waals surface area contributed by atoms with Crippen LogP contribution < -0.4 is 5.32 Å². The maximum absolute atomic E-state index is 5.07. The second-order valence-electron chi connectivity index (χ2n) is 9.64. The lowest BCUT2D eigenvalue weighted by molar-refractivity contribution is 0.628. The summed E-state index contributed by atoms with van der Waals surface area (Å²) in [4.78, 5) is 9.40. The number of aryl methyl sites for hydroxylation is 2. The van der Waals surface area contributed by atoms with Gasteiger partial charge in [-0.05, 0) is 80.2 Å². The summed E-state index contributed by atoms with van der Waals surface area (Å²) in [6.45, 7) is 0. The van der Waals surface area contributed by atoms with Crippen LogP contribution in [0.1, 0.15) is 54.5 Å². The van der Waals surface area contributed by atoms with Crippen molar-refractivity contribution in [3.8, 4) is 11.3 Å². The Morgan fingerprint density at radius 3 is 2.88 bits per heavy atom. The van der Waals surface area contributed by atoms with Gasteiger partial charge in [0.05, 0.1) is 11.4 Å². The van der Waals surface area contributed by atoms with Gasteiger partial charge in [0.15, 0.2) is 5.65 Å². The Kier molecular flexibility index (Phi) is 4.35. The van der Waals surface area contributed by atoms with Gasteiger partial charge < -0.3 is 5.32 Å². The van der Waals surface area contributed by atoms with E-state index in [1.165, 1.54) is 41.6 Å². The predicted molar refractivity (Wildman–Crippen MR) is 131 cm³/mol. The first kappa shape index (κ1) is 19.0. The number of nitrogens with one attached hydrogen (secondary N) is 1. The van der Waals surface area contributed by atoms with Crippen LogP contribution in [0.15, 0.2) is 60.4 Å². The molecule has 0 amide bonds. The number of nitrogens with zero attached hydrogens (tertiary/aromatic N) is 4. The van der Waals surface area contributed by atoms with Gasteiger partial charge in [-0.25, -0.2) is 4.98 Å². The second-order valence-corrected chi connectivity index (χ2v) is 9.64. The van der Waals surface area contributed by atoms with Crippen LogP contribution in [0.2, 0.25) is 0 Å². The van der Waals surface area contributed by atoms with Crippen LogP contribution in [0.3, 0.4) is 0 Å². The third kappa shape index (κ3) is 3.17. The van der Waals surface area contributed by atoms with Crippen molar-refractivity contribution in [2.45, 2.75) is 57.4 Å². The van der Waals surface area contributed by atoms with Gasteiger partial charge >= 0.3 is 0 Å². The molecule has 0 saturated heterocycles. The number of benzene rings is 1. The van der Waals surface area contributed by atoms with Gasteiger partial charge in [-0.15, -0.1) is 0 Å². The molecule has 1 aromatic carbocycles. The Labute approximate surface area is 193 Å². The van der Waals surface area contributed by atoms with Crippen molar-refractivity contribution in [3.63, 3.8) is 0 Å². The van der Waals surface area contributed by atoms with Crippen molar-refractivity contribution in [2.75, 3.05) is 5.32 Å². The monoisotopic (exact) mass is 433 g/mol. The number of fused-ring (bicyclic) bond motifs is 5. The first-order chi connectivity index (χ1) is 16.3. The first-order valence-electron chi connectivity index (χ1n) is 12.2. The molecule has 3 aromatic heterocycles. The molecule has 164 valence electrons. The Morgan fingerprint density at radius 2 is 1.94 bits per heavy atom. The lowest BCUT2D eigenvalue weighted by Crippen LogP contribution is -2.24. The smallest absolute Gasteiger partial charge is 0.161 e. The molecule has 1 N–H and O–H groups in total. The quantitative estimate of drug-likeness (QED) is 0.454. The molecule has 4 aromatic rings. The minimum absolute atomic E-state index is 0.392. The highest BCUT2D eigenvalue weighted by molar-refractivity contribution is 5.78. The topological polar surface area (TPSA) is 55.1 Å². The van der Waals surface area contributed by atoms with E-state index in [4.69, 9.17) is 10.1 Å². The molecule has 5 heteroatoms. The fourth-order valence-electron chi connectivity index (χ4n) is 5.94. The summed E-state index contributed by atoms with van der Waals surface area (Å²) in [5.41, 5.74) is 11.7. The molecule has 0 fully saturated rings. The third-order valence-corrected chi connectivity index (χ3v) is 7.59. The highest BCUT2D eigenvalue weighted by Crippen LogP contribution is 2.42. The van der Waals surface area contributed by atoms with Crippen LogP contribution >= 0.6 is 0 Å². The SMILES string of the molecule is c1cncc(-c2cc(NC3CCC4=C(C3)c3ccccc3C4)n3nc4c(c3n2)CCCC4)c1. The van der Waals surface area contributed by atoms with E-state index in [-0.39, 0.29) is 0 Å². The van der Waals surface area contributed by atoms with E-state index in [1.54, 1.807) is 11.1 Å². The third-order valence-electron chi connectivity index (χ3n) is 7.59. The van der Waals surface area contributed by atoms with Gasteiger partial charge in [-0.1, -0.05) is 29.8 Å². The van der Waals surface area contributed by atoms with Crippen molar-refractivity contribution in [3.05, 3.63) is 82.8 Å². The molecule has 3 heterocycles. The lowest BCUT2D eigenvalue weighted by Gasteiger charge is -2.26. The number of aromatic nitrogens is 4. The average Bonchev–Trinajstić information content (AvgIpc) is 3.43. The van der Waals surface area contributed by atoms with E-state index >= 15 is 0 Å². The van der Waals surface area contributed by atoms with Crippen molar-refractivity contribution < 1.29 is 0 Å². The summed E-state index contributed by atoms with van der Waals surface area (Å²) in [5, 5.41) is 8.91. The van der Waals surface area contributed by atoms with Crippen molar-refractivity contribution >= 4 is 17.0 Å². The van der Waals surface area contributed by atoms with Gasteiger partial charge in [-0.3, -0.25) is 4.98 Å². The highest BCUT2D eigenvalue weighted by atomic mass is 15.3. The van der Waals surface area contributed by atoms with Gasteiger partial charge in [-0.2, -0.15) is 9.61 Å². The summed E-state index contributed by atoms with van der Waals surface area (Å²) in [6, 6.07) is 15.5. The normalized spacial score (nSPS) is 19.3. The molecule has 0 spiro atoms. The zero-order valence-corrected chi connectivity index (χ0v) is 18.7. The summed E-state index contributed by atoms with van der Waals surface area (Å²) < 4.78 is 2.07. The number of anilines is 1. The van der Waals surface area contributed by atoms with Crippen molar-refractivity contribution in [1.82, 2.24) is 19.6 Å². The van der Waals surface area contributed by atoms with Crippen LogP contribution in [0.4, 0.5) is 5.82 Å². The molecule has 0 radical (unpaired) electrons. The van der Waals surface area contributed by atoms with E-state index < -0.39 is 0 Å². The van der Waals surface area contributed by atoms with Gasteiger partial charge in [0.1, 0.15) is 5.82 Å². The molecule has 1 unspecified atom stereocenters. The summed E-state index contributed by atoms with van der Waals surface area (Å²) in [6.07, 6.45) is 12.8. The van der Waals surface area contributed by atoms with E-state index in [1.807, 2.05) is 18.5 Å². The zero-order chi connectivity index (χ0) is 21.8. The second kappa shape index (κ2) is 7.55. The fourth-order valence-corrected chi connectivity index (χ4v) is 5.94. The number of hydrogen-bond donors (Lipinski definition) is 1. The van der Waals surface area contributed by atoms with Gasteiger partial charge in [0.25, 0.3) is 0 Å². The summed E-state index contributed by atoms with van der Waals surface area (Å²) >= 11 is 0. The minimum Gasteiger partial charge on any atom is -0.367 e. The van der Waals surface area contributed by atoms with E-state index in [2.05, 4.69) is 51.2 Å². The van der Waals surface area contributed by atoms with Gasteiger partial charge in [0.2, 0.25) is 0 Å². The largest absolute Gasteiger partial charge is 0.367 e. The average molecular weight is 434 g/mol. The Bertz CT molecular complexity index is 1400. The molecule has 1 atom stereocenters. The number of hydrogen-bond acceptors (Lipinski definition) is 4.